The van der Waals surface area contributed by atoms with Gasteiger partial charge in [0.05, 0.1) is 11.7 Å². The molecule has 2 saturated heterocycles. The Balaban J connectivity index is 1.52. The van der Waals surface area contributed by atoms with Gasteiger partial charge in [0.15, 0.2) is 0 Å². The molecule has 4 heteroatoms. The van der Waals surface area contributed by atoms with E-state index in [4.69, 9.17) is 4.74 Å². The van der Waals surface area contributed by atoms with Crippen molar-refractivity contribution in [2.75, 3.05) is 26.7 Å². The second-order valence-electron chi connectivity index (χ2n) is 6.38. The topological polar surface area (TPSA) is 41.6 Å². The minimum atomic E-state index is -0.0117. The Morgan fingerprint density at radius 3 is 2.90 bits per heavy atom. The molecular weight excluding hydrogens is 264 g/mol. The number of nitrogens with zero attached hydrogens (tertiary/aromatic N) is 1. The number of rotatable bonds is 3. The van der Waals surface area contributed by atoms with Crippen molar-refractivity contribution < 1.29 is 9.53 Å². The SMILES string of the molecule is CN1CC[C@]2(CCC[C@H](CNC(=O)c3ccccc3)O2)C1. The molecule has 2 aliphatic rings. The van der Waals surface area contributed by atoms with Gasteiger partial charge in [-0.2, -0.15) is 0 Å². The van der Waals surface area contributed by atoms with Gasteiger partial charge in [-0.15, -0.1) is 0 Å². The van der Waals surface area contributed by atoms with Crippen LogP contribution >= 0.6 is 0 Å². The lowest BCUT2D eigenvalue weighted by Gasteiger charge is -2.38. The summed E-state index contributed by atoms with van der Waals surface area (Å²) in [7, 11) is 2.15. The molecule has 4 nitrogen and oxygen atoms in total. The lowest BCUT2D eigenvalue weighted by atomic mass is 9.90. The van der Waals surface area contributed by atoms with Crippen LogP contribution in [-0.4, -0.2) is 49.2 Å². The Morgan fingerprint density at radius 1 is 1.38 bits per heavy atom. The van der Waals surface area contributed by atoms with Crippen molar-refractivity contribution in [3.63, 3.8) is 0 Å². The fraction of sp³-hybridized carbons (Fsp3) is 0.588. The third-order valence-electron chi connectivity index (χ3n) is 4.61. The van der Waals surface area contributed by atoms with Gasteiger partial charge in [0.1, 0.15) is 0 Å². The second kappa shape index (κ2) is 6.16. The summed E-state index contributed by atoms with van der Waals surface area (Å²) in [5.74, 6) is -0.0117. The minimum absolute atomic E-state index is 0.0117. The third-order valence-corrected chi connectivity index (χ3v) is 4.61. The van der Waals surface area contributed by atoms with Gasteiger partial charge in [-0.25, -0.2) is 0 Å². The first-order valence-corrected chi connectivity index (χ1v) is 7.87. The lowest BCUT2D eigenvalue weighted by Crippen LogP contribution is -2.46. The van der Waals surface area contributed by atoms with Crippen molar-refractivity contribution >= 4 is 5.91 Å². The Morgan fingerprint density at radius 2 is 2.19 bits per heavy atom. The normalized spacial score (nSPS) is 29.7. The molecule has 1 spiro atoms. The first kappa shape index (κ1) is 14.5. The number of hydrogen-bond acceptors (Lipinski definition) is 3. The zero-order chi connectivity index (χ0) is 14.7. The highest BCUT2D eigenvalue weighted by Gasteiger charge is 2.41. The molecule has 0 bridgehead atoms. The van der Waals surface area contributed by atoms with E-state index in [0.717, 1.165) is 32.4 Å². The van der Waals surface area contributed by atoms with Crippen molar-refractivity contribution in [3.05, 3.63) is 35.9 Å². The largest absolute Gasteiger partial charge is 0.369 e. The first-order chi connectivity index (χ1) is 10.2. The van der Waals surface area contributed by atoms with Crippen LogP contribution in [0.25, 0.3) is 0 Å². The van der Waals surface area contributed by atoms with Crippen molar-refractivity contribution in [3.8, 4) is 0 Å². The molecule has 3 rings (SSSR count). The Hall–Kier alpha value is -1.39. The molecule has 0 unspecified atom stereocenters. The summed E-state index contributed by atoms with van der Waals surface area (Å²) >= 11 is 0. The van der Waals surface area contributed by atoms with E-state index >= 15 is 0 Å². The first-order valence-electron chi connectivity index (χ1n) is 7.87. The van der Waals surface area contributed by atoms with Crippen LogP contribution in [0.1, 0.15) is 36.0 Å². The quantitative estimate of drug-likeness (QED) is 0.925. The lowest BCUT2D eigenvalue weighted by molar-refractivity contribution is -0.117. The van der Waals surface area contributed by atoms with Crippen LogP contribution in [0.4, 0.5) is 0 Å². The number of amides is 1. The Labute approximate surface area is 126 Å². The molecule has 0 radical (unpaired) electrons. The van der Waals surface area contributed by atoms with Crippen molar-refractivity contribution in [2.45, 2.75) is 37.4 Å². The van der Waals surface area contributed by atoms with Gasteiger partial charge in [-0.3, -0.25) is 4.79 Å². The predicted molar refractivity (Wildman–Crippen MR) is 82.3 cm³/mol. The maximum Gasteiger partial charge on any atom is 0.251 e. The molecule has 2 atom stereocenters. The summed E-state index contributed by atoms with van der Waals surface area (Å²) in [5.41, 5.74) is 0.749. The molecule has 0 saturated carbocycles. The van der Waals surface area contributed by atoms with Crippen LogP contribution in [0.5, 0.6) is 0 Å². The zero-order valence-corrected chi connectivity index (χ0v) is 12.7. The molecule has 1 amide bonds. The maximum absolute atomic E-state index is 12.1. The minimum Gasteiger partial charge on any atom is -0.369 e. The van der Waals surface area contributed by atoms with Gasteiger partial charge in [0.2, 0.25) is 0 Å². The van der Waals surface area contributed by atoms with Crippen molar-refractivity contribution in [2.24, 2.45) is 0 Å². The molecule has 0 aromatic heterocycles. The molecule has 1 N–H and O–H groups in total. The van der Waals surface area contributed by atoms with Crippen LogP contribution < -0.4 is 5.32 Å². The van der Waals surface area contributed by atoms with E-state index in [0.29, 0.717) is 12.1 Å². The number of nitrogens with one attached hydrogen (secondary N) is 1. The van der Waals surface area contributed by atoms with Crippen LogP contribution in [0, 0.1) is 0 Å². The number of benzene rings is 1. The van der Waals surface area contributed by atoms with Crippen molar-refractivity contribution in [1.82, 2.24) is 10.2 Å². The van der Waals surface area contributed by atoms with Gasteiger partial charge in [0.25, 0.3) is 5.91 Å². The molecule has 0 aliphatic carbocycles. The smallest absolute Gasteiger partial charge is 0.251 e. The molecule has 2 fully saturated rings. The van der Waals surface area contributed by atoms with E-state index in [1.165, 1.54) is 6.42 Å². The van der Waals surface area contributed by atoms with Gasteiger partial charge >= 0.3 is 0 Å². The highest BCUT2D eigenvalue weighted by atomic mass is 16.5. The highest BCUT2D eigenvalue weighted by Crippen LogP contribution is 2.35. The number of hydrogen-bond donors (Lipinski definition) is 1. The zero-order valence-electron chi connectivity index (χ0n) is 12.7. The van der Waals surface area contributed by atoms with E-state index < -0.39 is 0 Å². The summed E-state index contributed by atoms with van der Waals surface area (Å²) in [6, 6.07) is 9.36. The number of carbonyl (C=O) groups excluding carboxylic acids is 1. The highest BCUT2D eigenvalue weighted by molar-refractivity contribution is 5.94. The van der Waals surface area contributed by atoms with Gasteiger partial charge < -0.3 is 15.0 Å². The molecule has 114 valence electrons. The summed E-state index contributed by atoms with van der Waals surface area (Å²) in [6.45, 7) is 2.75. The maximum atomic E-state index is 12.1. The van der Waals surface area contributed by atoms with Crippen LogP contribution in [0.2, 0.25) is 0 Å². The van der Waals surface area contributed by atoms with E-state index in [-0.39, 0.29) is 17.6 Å². The van der Waals surface area contributed by atoms with Crippen LogP contribution in [0.3, 0.4) is 0 Å². The van der Waals surface area contributed by atoms with Crippen molar-refractivity contribution in [1.29, 1.82) is 0 Å². The molecule has 1 aromatic rings. The van der Waals surface area contributed by atoms with E-state index in [1.807, 2.05) is 30.3 Å². The van der Waals surface area contributed by atoms with Gasteiger partial charge in [-0.05, 0) is 44.9 Å². The fourth-order valence-electron chi connectivity index (χ4n) is 3.51. The fourth-order valence-corrected chi connectivity index (χ4v) is 3.51. The molecule has 2 aliphatic heterocycles. The predicted octanol–water partition coefficient (Wildman–Crippen LogP) is 2.06. The molecule has 2 heterocycles. The number of likely N-dealkylation sites (tertiary alicyclic amines) is 1. The second-order valence-corrected chi connectivity index (χ2v) is 6.38. The van der Waals surface area contributed by atoms with E-state index in [1.54, 1.807) is 0 Å². The van der Waals surface area contributed by atoms with Crippen LogP contribution in [-0.2, 0) is 4.74 Å². The van der Waals surface area contributed by atoms with E-state index in [9.17, 15) is 4.79 Å². The average molecular weight is 288 g/mol. The number of carbonyl (C=O) groups is 1. The summed E-state index contributed by atoms with van der Waals surface area (Å²) in [5, 5.41) is 3.01. The standard InChI is InChI=1S/C17H24N2O2/c1-19-11-10-17(13-19)9-5-8-15(21-17)12-18-16(20)14-6-3-2-4-7-14/h2-4,6-7,15H,5,8-13H2,1H3,(H,18,20)/t15-,17-/m1/s1. The average Bonchev–Trinajstić information content (AvgIpc) is 2.86. The van der Waals surface area contributed by atoms with Crippen LogP contribution in [0.15, 0.2) is 30.3 Å². The summed E-state index contributed by atoms with van der Waals surface area (Å²) < 4.78 is 6.34. The Bertz CT molecular complexity index is 487. The monoisotopic (exact) mass is 288 g/mol. The molecule has 1 aromatic carbocycles. The molecular formula is C17H24N2O2. The third kappa shape index (κ3) is 3.44. The number of ether oxygens (including phenoxy) is 1. The van der Waals surface area contributed by atoms with E-state index in [2.05, 4.69) is 17.3 Å². The Kier molecular flexibility index (Phi) is 4.27. The summed E-state index contributed by atoms with van der Waals surface area (Å²) in [6.07, 6.45) is 4.66. The summed E-state index contributed by atoms with van der Waals surface area (Å²) in [4.78, 5) is 14.4. The van der Waals surface area contributed by atoms with Gasteiger partial charge in [-0.1, -0.05) is 18.2 Å². The molecule has 21 heavy (non-hydrogen) atoms. The van der Waals surface area contributed by atoms with Gasteiger partial charge in [0, 0.05) is 25.2 Å². The number of likely N-dealkylation sites (N-methyl/N-ethyl adjacent to an activating group) is 1.